The lowest BCUT2D eigenvalue weighted by atomic mass is 10.3. The van der Waals surface area contributed by atoms with Crippen LogP contribution in [0.1, 0.15) is 13.3 Å². The van der Waals surface area contributed by atoms with Gasteiger partial charge in [0.25, 0.3) is 0 Å². The normalized spacial score (nSPS) is 10.1. The number of hydrogen-bond donors (Lipinski definition) is 1. The lowest BCUT2D eigenvalue weighted by molar-refractivity contribution is -0.115. The first-order valence-electron chi connectivity index (χ1n) is 5.05. The Labute approximate surface area is 93.1 Å². The Hall–Kier alpha value is -2.17. The van der Waals surface area contributed by atoms with E-state index in [4.69, 9.17) is 0 Å². The van der Waals surface area contributed by atoms with Crippen LogP contribution in [-0.4, -0.2) is 20.7 Å². The Morgan fingerprint density at radius 2 is 2.38 bits per heavy atom. The Morgan fingerprint density at radius 1 is 1.50 bits per heavy atom. The van der Waals surface area contributed by atoms with Gasteiger partial charge in [0.15, 0.2) is 5.82 Å². The van der Waals surface area contributed by atoms with E-state index in [1.807, 2.05) is 12.3 Å². The molecule has 0 fully saturated rings. The Balaban J connectivity index is 2.14. The monoisotopic (exact) mass is 216 g/mol. The fourth-order valence-electron chi connectivity index (χ4n) is 1.25. The van der Waals surface area contributed by atoms with Crippen LogP contribution in [-0.2, 0) is 4.79 Å². The summed E-state index contributed by atoms with van der Waals surface area (Å²) < 4.78 is 1.66. The first kappa shape index (κ1) is 10.4. The fraction of sp³-hybridized carbons (Fsp3) is 0.182. The molecule has 2 rings (SSSR count). The van der Waals surface area contributed by atoms with Crippen molar-refractivity contribution in [2.24, 2.45) is 0 Å². The van der Waals surface area contributed by atoms with E-state index in [9.17, 15) is 4.79 Å². The number of carbonyl (C=O) groups excluding carboxylic acids is 1. The summed E-state index contributed by atoms with van der Waals surface area (Å²) in [5.74, 6) is 0.702. The van der Waals surface area contributed by atoms with Crippen LogP contribution in [0.3, 0.4) is 0 Å². The van der Waals surface area contributed by atoms with E-state index in [0.717, 1.165) is 5.82 Å². The smallest absolute Gasteiger partial charge is 0.224 e. The summed E-state index contributed by atoms with van der Waals surface area (Å²) in [7, 11) is 0. The summed E-state index contributed by atoms with van der Waals surface area (Å²) in [5.41, 5.74) is 0.697. The highest BCUT2D eigenvalue weighted by Crippen LogP contribution is 2.09. The SMILES string of the molecule is CCC(=O)Nc1ccc(-n2cccn2)nc1. The van der Waals surface area contributed by atoms with Crippen molar-refractivity contribution in [3.8, 4) is 5.82 Å². The van der Waals surface area contributed by atoms with Gasteiger partial charge in [-0.1, -0.05) is 6.92 Å². The summed E-state index contributed by atoms with van der Waals surface area (Å²) in [6, 6.07) is 5.43. The van der Waals surface area contributed by atoms with Crippen LogP contribution in [0.4, 0.5) is 5.69 Å². The summed E-state index contributed by atoms with van der Waals surface area (Å²) in [5, 5.41) is 6.79. The van der Waals surface area contributed by atoms with Gasteiger partial charge in [-0.25, -0.2) is 9.67 Å². The molecule has 0 saturated heterocycles. The van der Waals surface area contributed by atoms with E-state index in [-0.39, 0.29) is 5.91 Å². The van der Waals surface area contributed by atoms with Gasteiger partial charge in [0, 0.05) is 18.8 Å². The Bertz CT molecular complexity index is 461. The third-order valence-electron chi connectivity index (χ3n) is 2.09. The third kappa shape index (κ3) is 2.25. The minimum atomic E-state index is -0.0198. The average molecular weight is 216 g/mol. The van der Waals surface area contributed by atoms with Gasteiger partial charge in [0.05, 0.1) is 11.9 Å². The molecule has 1 N–H and O–H groups in total. The highest BCUT2D eigenvalue weighted by molar-refractivity contribution is 5.90. The molecule has 1 amide bonds. The summed E-state index contributed by atoms with van der Waals surface area (Å²) in [6.07, 6.45) is 5.58. The molecule has 2 heterocycles. The molecule has 0 radical (unpaired) electrons. The number of pyridine rings is 1. The van der Waals surface area contributed by atoms with Crippen LogP contribution in [0.15, 0.2) is 36.8 Å². The van der Waals surface area contributed by atoms with E-state index < -0.39 is 0 Å². The minimum Gasteiger partial charge on any atom is -0.325 e. The molecule has 16 heavy (non-hydrogen) atoms. The molecule has 5 nitrogen and oxygen atoms in total. The molecule has 0 aliphatic carbocycles. The Morgan fingerprint density at radius 3 is 2.94 bits per heavy atom. The first-order chi connectivity index (χ1) is 7.79. The minimum absolute atomic E-state index is 0.0198. The van der Waals surface area contributed by atoms with E-state index in [1.54, 1.807) is 36.1 Å². The molecule has 82 valence electrons. The van der Waals surface area contributed by atoms with Gasteiger partial charge in [-0.05, 0) is 18.2 Å². The highest BCUT2D eigenvalue weighted by atomic mass is 16.1. The van der Waals surface area contributed by atoms with Gasteiger partial charge in [-0.2, -0.15) is 5.10 Å². The van der Waals surface area contributed by atoms with Gasteiger partial charge in [0.2, 0.25) is 5.91 Å². The lowest BCUT2D eigenvalue weighted by Crippen LogP contribution is -2.10. The van der Waals surface area contributed by atoms with Gasteiger partial charge in [0.1, 0.15) is 0 Å². The fourth-order valence-corrected chi connectivity index (χ4v) is 1.25. The second-order valence-electron chi connectivity index (χ2n) is 3.26. The number of anilines is 1. The maximum absolute atomic E-state index is 11.1. The van der Waals surface area contributed by atoms with E-state index in [2.05, 4.69) is 15.4 Å². The molecule has 0 spiro atoms. The molecule has 0 aliphatic rings. The van der Waals surface area contributed by atoms with Gasteiger partial charge >= 0.3 is 0 Å². The van der Waals surface area contributed by atoms with Crippen molar-refractivity contribution in [2.45, 2.75) is 13.3 Å². The maximum Gasteiger partial charge on any atom is 0.224 e. The average Bonchev–Trinajstić information content (AvgIpc) is 2.83. The lowest BCUT2D eigenvalue weighted by Gasteiger charge is -2.04. The second kappa shape index (κ2) is 4.57. The number of carbonyl (C=O) groups is 1. The van der Waals surface area contributed by atoms with Crippen LogP contribution in [0.25, 0.3) is 5.82 Å². The molecule has 0 unspecified atom stereocenters. The zero-order chi connectivity index (χ0) is 11.4. The number of hydrogen-bond acceptors (Lipinski definition) is 3. The standard InChI is InChI=1S/C11H12N4O/c1-2-11(16)14-9-4-5-10(12-8-9)15-7-3-6-13-15/h3-8H,2H2,1H3,(H,14,16). The molecule has 0 bridgehead atoms. The van der Waals surface area contributed by atoms with Gasteiger partial charge in [-0.3, -0.25) is 4.79 Å². The molecular formula is C11H12N4O. The molecular weight excluding hydrogens is 204 g/mol. The van der Waals surface area contributed by atoms with E-state index >= 15 is 0 Å². The maximum atomic E-state index is 11.1. The van der Waals surface area contributed by atoms with Gasteiger partial charge < -0.3 is 5.32 Å². The van der Waals surface area contributed by atoms with Crippen molar-refractivity contribution in [3.05, 3.63) is 36.8 Å². The van der Waals surface area contributed by atoms with Crippen LogP contribution in [0.2, 0.25) is 0 Å². The molecule has 0 atom stereocenters. The molecule has 5 heteroatoms. The largest absolute Gasteiger partial charge is 0.325 e. The van der Waals surface area contributed by atoms with Crippen molar-refractivity contribution in [3.63, 3.8) is 0 Å². The first-order valence-corrected chi connectivity index (χ1v) is 5.05. The van der Waals surface area contributed by atoms with E-state index in [0.29, 0.717) is 12.1 Å². The van der Waals surface area contributed by atoms with Crippen LogP contribution < -0.4 is 5.32 Å². The number of amides is 1. The number of nitrogens with zero attached hydrogens (tertiary/aromatic N) is 3. The predicted molar refractivity (Wildman–Crippen MR) is 60.3 cm³/mol. The van der Waals surface area contributed by atoms with Crippen LogP contribution in [0.5, 0.6) is 0 Å². The number of nitrogens with one attached hydrogen (secondary N) is 1. The molecule has 0 aromatic carbocycles. The zero-order valence-corrected chi connectivity index (χ0v) is 8.92. The topological polar surface area (TPSA) is 59.8 Å². The van der Waals surface area contributed by atoms with Crippen molar-refractivity contribution in [1.82, 2.24) is 14.8 Å². The van der Waals surface area contributed by atoms with Crippen molar-refractivity contribution < 1.29 is 4.79 Å². The summed E-state index contributed by atoms with van der Waals surface area (Å²) in [6.45, 7) is 1.81. The van der Waals surface area contributed by atoms with Crippen LogP contribution in [0, 0.1) is 0 Å². The highest BCUT2D eigenvalue weighted by Gasteiger charge is 2.00. The van der Waals surface area contributed by atoms with Crippen molar-refractivity contribution >= 4 is 11.6 Å². The number of aromatic nitrogens is 3. The summed E-state index contributed by atoms with van der Waals surface area (Å²) in [4.78, 5) is 15.3. The predicted octanol–water partition coefficient (Wildman–Crippen LogP) is 1.62. The summed E-state index contributed by atoms with van der Waals surface area (Å²) >= 11 is 0. The number of rotatable bonds is 3. The van der Waals surface area contributed by atoms with Gasteiger partial charge in [-0.15, -0.1) is 0 Å². The molecule has 0 aliphatic heterocycles. The molecule has 0 saturated carbocycles. The quantitative estimate of drug-likeness (QED) is 0.848. The third-order valence-corrected chi connectivity index (χ3v) is 2.09. The zero-order valence-electron chi connectivity index (χ0n) is 8.92. The second-order valence-corrected chi connectivity index (χ2v) is 3.26. The van der Waals surface area contributed by atoms with Crippen LogP contribution >= 0.6 is 0 Å². The van der Waals surface area contributed by atoms with Crippen molar-refractivity contribution in [2.75, 3.05) is 5.32 Å². The van der Waals surface area contributed by atoms with Crippen molar-refractivity contribution in [1.29, 1.82) is 0 Å². The molecule has 2 aromatic rings. The molecule has 2 aromatic heterocycles. The van der Waals surface area contributed by atoms with E-state index in [1.165, 1.54) is 0 Å². The Kier molecular flexibility index (Phi) is 2.95.